The van der Waals surface area contributed by atoms with Crippen molar-refractivity contribution in [3.05, 3.63) is 207 Å². The lowest BCUT2D eigenvalue weighted by Crippen LogP contribution is -2.30. The Morgan fingerprint density at radius 1 is 0.241 bits per heavy atom. The largest absolute Gasteiger partial charge is 0.462 e. The molecule has 0 bridgehead atoms. The summed E-state index contributed by atoms with van der Waals surface area (Å²) in [5, 5.41) is 0. The van der Waals surface area contributed by atoms with Crippen molar-refractivity contribution in [1.82, 2.24) is 0 Å². The Bertz CT molecular complexity index is 2030. The van der Waals surface area contributed by atoms with Crippen molar-refractivity contribution < 1.29 is 28.6 Å². The number of rotatable bonds is 56. The van der Waals surface area contributed by atoms with E-state index >= 15 is 0 Å². The van der Waals surface area contributed by atoms with Crippen LogP contribution in [-0.4, -0.2) is 37.2 Å². The maximum atomic E-state index is 12.9. The third-order valence-corrected chi connectivity index (χ3v) is 12.8. The van der Waals surface area contributed by atoms with Gasteiger partial charge in [0, 0.05) is 19.3 Å². The molecule has 0 fully saturated rings. The number of carbonyl (C=O) groups is 3. The van der Waals surface area contributed by atoms with E-state index in [0.29, 0.717) is 19.3 Å². The summed E-state index contributed by atoms with van der Waals surface area (Å²) < 4.78 is 16.8. The fourth-order valence-corrected chi connectivity index (χ4v) is 8.03. The Labute approximate surface area is 509 Å². The zero-order valence-electron chi connectivity index (χ0n) is 52.6. The van der Waals surface area contributed by atoms with E-state index in [-0.39, 0.29) is 44.0 Å². The van der Waals surface area contributed by atoms with Crippen molar-refractivity contribution in [2.24, 2.45) is 0 Å². The highest BCUT2D eigenvalue weighted by Gasteiger charge is 2.19. The van der Waals surface area contributed by atoms with Gasteiger partial charge in [0.25, 0.3) is 0 Å². The summed E-state index contributed by atoms with van der Waals surface area (Å²) in [6.07, 6.45) is 106. The van der Waals surface area contributed by atoms with Crippen LogP contribution in [0.5, 0.6) is 0 Å². The van der Waals surface area contributed by atoms with Crippen molar-refractivity contribution in [3.63, 3.8) is 0 Å². The van der Waals surface area contributed by atoms with Crippen molar-refractivity contribution in [2.75, 3.05) is 13.2 Å². The molecule has 0 aliphatic rings. The van der Waals surface area contributed by atoms with E-state index in [4.69, 9.17) is 14.2 Å². The van der Waals surface area contributed by atoms with Gasteiger partial charge < -0.3 is 14.2 Å². The SMILES string of the molecule is CC/C=C\C/C=C\C/C=C\C/C=C\C/C=C\C/C=C\C/C=C\CCCCCC(=O)OC(COC(=O)CC/C=C\C/C=C\C/C=C\C/C=C\CC)COC(=O)CCCCCCCCCC/C=C\C/C=C\C/C=C\C/C=C\C/C=C\C/C=C\CC. The maximum Gasteiger partial charge on any atom is 0.306 e. The first kappa shape index (κ1) is 77.0. The van der Waals surface area contributed by atoms with E-state index in [1.807, 2.05) is 12.2 Å². The van der Waals surface area contributed by atoms with Gasteiger partial charge in [-0.2, -0.15) is 0 Å². The maximum absolute atomic E-state index is 12.9. The van der Waals surface area contributed by atoms with Gasteiger partial charge in [-0.25, -0.2) is 0 Å². The molecule has 0 rings (SSSR count). The molecule has 0 spiro atoms. The first-order valence-corrected chi connectivity index (χ1v) is 32.6. The van der Waals surface area contributed by atoms with Gasteiger partial charge in [-0.05, 0) is 154 Å². The smallest absolute Gasteiger partial charge is 0.306 e. The van der Waals surface area contributed by atoms with E-state index in [9.17, 15) is 14.4 Å². The summed E-state index contributed by atoms with van der Waals surface area (Å²) in [6.45, 7) is 6.18. The summed E-state index contributed by atoms with van der Waals surface area (Å²) in [6, 6.07) is 0. The fourth-order valence-electron chi connectivity index (χ4n) is 8.03. The molecule has 0 aliphatic heterocycles. The Hall–Kier alpha value is -6.01. The molecular formula is C77H116O6. The minimum absolute atomic E-state index is 0.130. The van der Waals surface area contributed by atoms with E-state index in [0.717, 1.165) is 154 Å². The lowest BCUT2D eigenvalue weighted by Gasteiger charge is -2.18. The zero-order chi connectivity index (χ0) is 59.9. The first-order chi connectivity index (χ1) is 41.0. The van der Waals surface area contributed by atoms with Gasteiger partial charge >= 0.3 is 17.9 Å². The minimum Gasteiger partial charge on any atom is -0.462 e. The number of hydrogen-bond acceptors (Lipinski definition) is 6. The topological polar surface area (TPSA) is 78.9 Å². The molecule has 6 nitrogen and oxygen atoms in total. The van der Waals surface area contributed by atoms with Crippen molar-refractivity contribution in [3.8, 4) is 0 Å². The molecule has 460 valence electrons. The molecule has 0 heterocycles. The van der Waals surface area contributed by atoms with Gasteiger partial charge in [-0.1, -0.05) is 272 Å². The number of esters is 3. The van der Waals surface area contributed by atoms with Gasteiger partial charge in [0.15, 0.2) is 6.10 Å². The molecule has 6 heteroatoms. The predicted octanol–water partition coefficient (Wildman–Crippen LogP) is 22.8. The molecule has 1 unspecified atom stereocenters. The number of hydrogen-bond donors (Lipinski definition) is 0. The van der Waals surface area contributed by atoms with E-state index in [1.54, 1.807) is 0 Å². The second kappa shape index (κ2) is 68.5. The van der Waals surface area contributed by atoms with Crippen LogP contribution >= 0.6 is 0 Å². The van der Waals surface area contributed by atoms with Crippen LogP contribution in [0.1, 0.15) is 239 Å². The summed E-state index contributed by atoms with van der Waals surface area (Å²) in [5.41, 5.74) is 0. The molecular weight excluding hydrogens is 1020 g/mol. The van der Waals surface area contributed by atoms with Crippen molar-refractivity contribution in [2.45, 2.75) is 245 Å². The Balaban J connectivity index is 4.50. The molecule has 0 aromatic carbocycles. The Morgan fingerprint density at radius 2 is 0.458 bits per heavy atom. The third-order valence-electron chi connectivity index (χ3n) is 12.8. The normalized spacial score (nSPS) is 13.5. The highest BCUT2D eigenvalue weighted by molar-refractivity contribution is 5.71. The average Bonchev–Trinajstić information content (AvgIpc) is 3.49. The Morgan fingerprint density at radius 3 is 0.759 bits per heavy atom. The molecule has 0 N–H and O–H groups in total. The first-order valence-electron chi connectivity index (χ1n) is 32.6. The second-order valence-corrected chi connectivity index (χ2v) is 20.5. The van der Waals surface area contributed by atoms with Crippen molar-refractivity contribution >= 4 is 17.9 Å². The van der Waals surface area contributed by atoms with Crippen LogP contribution in [0, 0.1) is 0 Å². The molecule has 1 atom stereocenters. The number of carbonyl (C=O) groups excluding carboxylic acids is 3. The van der Waals surface area contributed by atoms with Crippen LogP contribution in [0.3, 0.4) is 0 Å². The minimum atomic E-state index is -0.843. The van der Waals surface area contributed by atoms with Crippen LogP contribution < -0.4 is 0 Å². The summed E-state index contributed by atoms with van der Waals surface area (Å²) in [7, 11) is 0. The fraction of sp³-hybridized carbons (Fsp3) is 0.519. The number of ether oxygens (including phenoxy) is 3. The van der Waals surface area contributed by atoms with Crippen LogP contribution in [0.2, 0.25) is 0 Å². The summed E-state index contributed by atoms with van der Waals surface area (Å²) in [4.78, 5) is 38.3. The van der Waals surface area contributed by atoms with Gasteiger partial charge in [0.1, 0.15) is 13.2 Å². The molecule has 0 aromatic rings. The van der Waals surface area contributed by atoms with Crippen LogP contribution in [-0.2, 0) is 28.6 Å². The van der Waals surface area contributed by atoms with Crippen LogP contribution in [0.25, 0.3) is 0 Å². The molecule has 0 saturated heterocycles. The molecule has 83 heavy (non-hydrogen) atoms. The lowest BCUT2D eigenvalue weighted by atomic mass is 10.1. The predicted molar refractivity (Wildman–Crippen MR) is 361 cm³/mol. The molecule has 0 aromatic heterocycles. The second-order valence-electron chi connectivity index (χ2n) is 20.5. The number of allylic oxidation sites excluding steroid dienone is 34. The molecule has 0 amide bonds. The number of unbranched alkanes of at least 4 members (excludes halogenated alkanes) is 11. The standard InChI is InChI=1S/C77H116O6/c1-4-7-10-13-16-19-22-25-27-29-31-33-35-37-38-40-41-43-45-47-49-52-55-58-61-64-67-70-76(79)82-73-74(72-81-75(78)69-66-63-60-57-54-51-24-21-18-15-12-9-6-3)83-77(80)71-68-65-62-59-56-53-50-48-46-44-42-39-36-34-32-30-28-26-23-20-17-14-11-8-5-2/h7-12,16-21,25-28,31-34,37-39,41-43,46,48,51,53-54,56,60,63,74H,4-6,13-15,22-24,29-30,35-36,40,44-45,47,49-50,52,55,57-59,61-62,64-73H2,1-3H3/b10-7-,11-8-,12-9-,19-16-,20-17-,21-18-,27-25-,28-26-,33-31-,34-32-,38-37-,42-39-,43-41-,48-46-,54-51-,56-53-,63-60-. The Kier molecular flexibility index (Phi) is 63.5. The lowest BCUT2D eigenvalue weighted by molar-refractivity contribution is -0.166. The van der Waals surface area contributed by atoms with Gasteiger partial charge in [0.2, 0.25) is 0 Å². The van der Waals surface area contributed by atoms with Gasteiger partial charge in [-0.3, -0.25) is 14.4 Å². The highest BCUT2D eigenvalue weighted by Crippen LogP contribution is 2.13. The van der Waals surface area contributed by atoms with Gasteiger partial charge in [-0.15, -0.1) is 0 Å². The van der Waals surface area contributed by atoms with E-state index in [2.05, 4.69) is 215 Å². The van der Waals surface area contributed by atoms with E-state index in [1.165, 1.54) is 32.1 Å². The molecule has 0 saturated carbocycles. The average molecular weight is 1140 g/mol. The molecule has 0 radical (unpaired) electrons. The van der Waals surface area contributed by atoms with Crippen LogP contribution in [0.4, 0.5) is 0 Å². The monoisotopic (exact) mass is 1140 g/mol. The van der Waals surface area contributed by atoms with E-state index < -0.39 is 6.10 Å². The zero-order valence-corrected chi connectivity index (χ0v) is 52.6. The summed E-state index contributed by atoms with van der Waals surface area (Å²) >= 11 is 0. The van der Waals surface area contributed by atoms with Gasteiger partial charge in [0.05, 0.1) is 0 Å². The quantitative estimate of drug-likeness (QED) is 0.0261. The van der Waals surface area contributed by atoms with Crippen molar-refractivity contribution in [1.29, 1.82) is 0 Å². The third kappa shape index (κ3) is 66.7. The highest BCUT2D eigenvalue weighted by atomic mass is 16.6. The van der Waals surface area contributed by atoms with Crippen LogP contribution in [0.15, 0.2) is 207 Å². The summed E-state index contributed by atoms with van der Waals surface area (Å²) in [5.74, 6) is -1.07. The molecule has 0 aliphatic carbocycles.